The smallest absolute Gasteiger partial charge is 0.337 e. The highest BCUT2D eigenvalue weighted by atomic mass is 16.5. The van der Waals surface area contributed by atoms with Crippen LogP contribution in [-0.2, 0) is 4.74 Å². The van der Waals surface area contributed by atoms with Crippen molar-refractivity contribution in [1.29, 1.82) is 0 Å². The largest absolute Gasteiger partial charge is 0.465 e. The van der Waals surface area contributed by atoms with Gasteiger partial charge in [-0.25, -0.2) is 19.7 Å². The number of benzene rings is 1. The molecular formula is C17H14N4O2. The Labute approximate surface area is 133 Å². The number of pyridine rings is 1. The number of ether oxygens (including phenoxy) is 1. The highest BCUT2D eigenvalue weighted by molar-refractivity contribution is 5.90. The molecule has 0 bridgehead atoms. The van der Waals surface area contributed by atoms with Crippen LogP contribution in [0.5, 0.6) is 0 Å². The van der Waals surface area contributed by atoms with Crippen molar-refractivity contribution >= 4 is 17.5 Å². The van der Waals surface area contributed by atoms with Gasteiger partial charge < -0.3 is 10.1 Å². The molecule has 0 amide bonds. The van der Waals surface area contributed by atoms with E-state index < -0.39 is 0 Å². The Morgan fingerprint density at radius 3 is 2.74 bits per heavy atom. The van der Waals surface area contributed by atoms with Gasteiger partial charge in [-0.05, 0) is 36.4 Å². The second-order valence-electron chi connectivity index (χ2n) is 4.72. The molecule has 0 radical (unpaired) electrons. The first-order valence-electron chi connectivity index (χ1n) is 6.94. The number of anilines is 2. The van der Waals surface area contributed by atoms with Gasteiger partial charge in [-0.3, -0.25) is 0 Å². The van der Waals surface area contributed by atoms with E-state index in [2.05, 4.69) is 20.3 Å². The number of carbonyl (C=O) groups is 1. The highest BCUT2D eigenvalue weighted by Crippen LogP contribution is 2.20. The molecule has 0 saturated heterocycles. The van der Waals surface area contributed by atoms with E-state index in [1.54, 1.807) is 30.6 Å². The van der Waals surface area contributed by atoms with Crippen LogP contribution in [0.4, 0.5) is 11.5 Å². The summed E-state index contributed by atoms with van der Waals surface area (Å²) in [7, 11) is 1.36. The number of aromatic nitrogens is 3. The van der Waals surface area contributed by atoms with Crippen LogP contribution in [-0.4, -0.2) is 28.0 Å². The Morgan fingerprint density at radius 1 is 1.13 bits per heavy atom. The fraction of sp³-hybridized carbons (Fsp3) is 0.0588. The lowest BCUT2D eigenvalue weighted by Gasteiger charge is -2.08. The first-order valence-corrected chi connectivity index (χ1v) is 6.94. The maximum Gasteiger partial charge on any atom is 0.337 e. The summed E-state index contributed by atoms with van der Waals surface area (Å²) in [6.07, 6.45) is 4.92. The lowest BCUT2D eigenvalue weighted by Crippen LogP contribution is -2.02. The lowest BCUT2D eigenvalue weighted by molar-refractivity contribution is 0.0601. The van der Waals surface area contributed by atoms with Crippen molar-refractivity contribution in [3.8, 4) is 11.3 Å². The van der Waals surface area contributed by atoms with E-state index in [-0.39, 0.29) is 5.97 Å². The fourth-order valence-electron chi connectivity index (χ4n) is 2.07. The second kappa shape index (κ2) is 6.65. The normalized spacial score (nSPS) is 10.1. The minimum absolute atomic E-state index is 0.374. The molecule has 2 aromatic heterocycles. The fourth-order valence-corrected chi connectivity index (χ4v) is 2.07. The molecule has 0 unspecified atom stereocenters. The van der Waals surface area contributed by atoms with Gasteiger partial charge in [0, 0.05) is 23.6 Å². The van der Waals surface area contributed by atoms with E-state index in [9.17, 15) is 4.79 Å². The molecule has 114 valence electrons. The van der Waals surface area contributed by atoms with Crippen molar-refractivity contribution in [3.63, 3.8) is 0 Å². The minimum Gasteiger partial charge on any atom is -0.465 e. The number of hydrogen-bond acceptors (Lipinski definition) is 6. The van der Waals surface area contributed by atoms with Crippen molar-refractivity contribution in [2.45, 2.75) is 0 Å². The van der Waals surface area contributed by atoms with Crippen LogP contribution >= 0.6 is 0 Å². The molecule has 0 aliphatic rings. The summed E-state index contributed by atoms with van der Waals surface area (Å²) >= 11 is 0. The molecule has 0 aliphatic carbocycles. The number of nitrogens with one attached hydrogen (secondary N) is 1. The Bertz CT molecular complexity index is 804. The van der Waals surface area contributed by atoms with Crippen LogP contribution in [0.25, 0.3) is 11.3 Å². The van der Waals surface area contributed by atoms with E-state index in [4.69, 9.17) is 4.74 Å². The minimum atomic E-state index is -0.374. The average molecular weight is 306 g/mol. The van der Waals surface area contributed by atoms with Crippen LogP contribution in [0.2, 0.25) is 0 Å². The third-order valence-electron chi connectivity index (χ3n) is 3.20. The summed E-state index contributed by atoms with van der Waals surface area (Å²) in [5, 5.41) is 3.15. The van der Waals surface area contributed by atoms with E-state index in [0.717, 1.165) is 16.9 Å². The second-order valence-corrected chi connectivity index (χ2v) is 4.72. The third-order valence-corrected chi connectivity index (χ3v) is 3.20. The SMILES string of the molecule is COC(=O)c1cccc(Nc2ccc(-c3ccncn3)cn2)c1. The van der Waals surface area contributed by atoms with Gasteiger partial charge in [0.1, 0.15) is 12.1 Å². The number of methoxy groups -OCH3 is 1. The Kier molecular flexibility index (Phi) is 4.24. The molecular weight excluding hydrogens is 292 g/mol. The molecule has 6 heteroatoms. The van der Waals surface area contributed by atoms with Crippen molar-refractivity contribution < 1.29 is 9.53 Å². The number of hydrogen-bond donors (Lipinski definition) is 1. The van der Waals surface area contributed by atoms with Crippen LogP contribution in [0.3, 0.4) is 0 Å². The number of esters is 1. The molecule has 2 heterocycles. The zero-order chi connectivity index (χ0) is 16.1. The topological polar surface area (TPSA) is 77.0 Å². The average Bonchev–Trinajstić information content (AvgIpc) is 2.62. The van der Waals surface area contributed by atoms with Crippen molar-refractivity contribution in [3.05, 3.63) is 66.7 Å². The van der Waals surface area contributed by atoms with Gasteiger partial charge in [0.15, 0.2) is 0 Å². The van der Waals surface area contributed by atoms with Gasteiger partial charge in [0.25, 0.3) is 0 Å². The predicted octanol–water partition coefficient (Wildman–Crippen LogP) is 3.07. The zero-order valence-electron chi connectivity index (χ0n) is 12.4. The van der Waals surface area contributed by atoms with Crippen molar-refractivity contribution in [1.82, 2.24) is 15.0 Å². The standard InChI is InChI=1S/C17H14N4O2/c1-23-17(22)12-3-2-4-14(9-12)21-16-6-5-13(10-19-16)15-7-8-18-11-20-15/h2-11H,1H3,(H,19,21). The maximum atomic E-state index is 11.5. The summed E-state index contributed by atoms with van der Waals surface area (Å²) in [5.41, 5.74) is 2.96. The zero-order valence-corrected chi connectivity index (χ0v) is 12.4. The summed E-state index contributed by atoms with van der Waals surface area (Å²) in [5.74, 6) is 0.297. The predicted molar refractivity (Wildman–Crippen MR) is 86.3 cm³/mol. The van der Waals surface area contributed by atoms with Gasteiger partial charge in [-0.2, -0.15) is 0 Å². The molecule has 0 aliphatic heterocycles. The lowest BCUT2D eigenvalue weighted by atomic mass is 10.2. The summed E-state index contributed by atoms with van der Waals surface area (Å²) < 4.78 is 4.71. The maximum absolute atomic E-state index is 11.5. The molecule has 0 saturated carbocycles. The molecule has 0 fully saturated rings. The van der Waals surface area contributed by atoms with Gasteiger partial charge in [0.2, 0.25) is 0 Å². The van der Waals surface area contributed by atoms with E-state index in [1.165, 1.54) is 13.4 Å². The van der Waals surface area contributed by atoms with Crippen LogP contribution in [0.1, 0.15) is 10.4 Å². The van der Waals surface area contributed by atoms with Gasteiger partial charge in [-0.15, -0.1) is 0 Å². The Hall–Kier alpha value is -3.28. The quantitative estimate of drug-likeness (QED) is 0.746. The van der Waals surface area contributed by atoms with Crippen molar-refractivity contribution in [2.75, 3.05) is 12.4 Å². The van der Waals surface area contributed by atoms with Gasteiger partial charge >= 0.3 is 5.97 Å². The van der Waals surface area contributed by atoms with Crippen LogP contribution in [0, 0.1) is 0 Å². The number of rotatable bonds is 4. The monoisotopic (exact) mass is 306 g/mol. The molecule has 6 nitrogen and oxygen atoms in total. The highest BCUT2D eigenvalue weighted by Gasteiger charge is 2.06. The van der Waals surface area contributed by atoms with Gasteiger partial charge in [-0.1, -0.05) is 6.07 Å². The summed E-state index contributed by atoms with van der Waals surface area (Å²) in [6.45, 7) is 0. The summed E-state index contributed by atoms with van der Waals surface area (Å²) in [6, 6.07) is 12.6. The molecule has 3 rings (SSSR count). The first-order chi connectivity index (χ1) is 11.3. The molecule has 0 atom stereocenters. The molecule has 0 spiro atoms. The molecule has 1 aromatic carbocycles. The number of nitrogens with zero attached hydrogens (tertiary/aromatic N) is 3. The van der Waals surface area contributed by atoms with E-state index in [0.29, 0.717) is 11.4 Å². The van der Waals surface area contributed by atoms with Crippen LogP contribution in [0.15, 0.2) is 61.2 Å². The van der Waals surface area contributed by atoms with Crippen LogP contribution < -0.4 is 5.32 Å². The molecule has 3 aromatic rings. The number of carbonyl (C=O) groups excluding carboxylic acids is 1. The third kappa shape index (κ3) is 3.49. The van der Waals surface area contributed by atoms with Crippen molar-refractivity contribution in [2.24, 2.45) is 0 Å². The Balaban J connectivity index is 1.77. The van der Waals surface area contributed by atoms with E-state index >= 15 is 0 Å². The van der Waals surface area contributed by atoms with Gasteiger partial charge in [0.05, 0.1) is 18.4 Å². The first kappa shape index (κ1) is 14.6. The summed E-state index contributed by atoms with van der Waals surface area (Å²) in [4.78, 5) is 24.0. The Morgan fingerprint density at radius 2 is 2.04 bits per heavy atom. The molecule has 1 N–H and O–H groups in total. The molecule has 23 heavy (non-hydrogen) atoms. The van der Waals surface area contributed by atoms with E-state index in [1.807, 2.05) is 24.3 Å².